The monoisotopic (exact) mass is 249 g/mol. The number of aromatic nitrogens is 2. The number of rotatable bonds is 4. The predicted molar refractivity (Wildman–Crippen MR) is 70.3 cm³/mol. The van der Waals surface area contributed by atoms with Gasteiger partial charge in [0.15, 0.2) is 0 Å². The summed E-state index contributed by atoms with van der Waals surface area (Å²) in [6, 6.07) is 8.11. The molecule has 0 fully saturated rings. The summed E-state index contributed by atoms with van der Waals surface area (Å²) in [7, 11) is 1.91. The Morgan fingerprint density at radius 3 is 2.88 bits per heavy atom. The summed E-state index contributed by atoms with van der Waals surface area (Å²) in [4.78, 5) is 0. The second-order valence-electron chi connectivity index (χ2n) is 4.13. The van der Waals surface area contributed by atoms with Crippen molar-refractivity contribution in [2.24, 2.45) is 0 Å². The van der Waals surface area contributed by atoms with Crippen LogP contribution in [0.1, 0.15) is 16.8 Å². The van der Waals surface area contributed by atoms with Crippen LogP contribution in [-0.2, 0) is 13.1 Å². The highest BCUT2D eigenvalue weighted by atomic mass is 35.5. The molecule has 4 heteroatoms. The maximum atomic E-state index is 6.19. The number of halogens is 1. The highest BCUT2D eigenvalue weighted by molar-refractivity contribution is 6.31. The fraction of sp³-hybridized carbons (Fsp3) is 0.308. The van der Waals surface area contributed by atoms with E-state index in [0.29, 0.717) is 6.54 Å². The van der Waals surface area contributed by atoms with Crippen molar-refractivity contribution in [3.05, 3.63) is 52.3 Å². The SMILES string of the molecule is CNCc1ccn(Cc2ccc(C)cc2Cl)n1. The minimum Gasteiger partial charge on any atom is -0.314 e. The van der Waals surface area contributed by atoms with E-state index in [4.69, 9.17) is 11.6 Å². The van der Waals surface area contributed by atoms with Crippen LogP contribution >= 0.6 is 11.6 Å². The fourth-order valence-electron chi connectivity index (χ4n) is 1.72. The smallest absolute Gasteiger partial charge is 0.0762 e. The third kappa shape index (κ3) is 3.08. The molecule has 2 aromatic rings. The van der Waals surface area contributed by atoms with Gasteiger partial charge in [-0.15, -0.1) is 0 Å². The van der Waals surface area contributed by atoms with Crippen molar-refractivity contribution < 1.29 is 0 Å². The topological polar surface area (TPSA) is 29.9 Å². The summed E-state index contributed by atoms with van der Waals surface area (Å²) < 4.78 is 1.91. The molecule has 1 aromatic heterocycles. The highest BCUT2D eigenvalue weighted by Gasteiger charge is 2.03. The van der Waals surface area contributed by atoms with Crippen molar-refractivity contribution in [1.29, 1.82) is 0 Å². The minimum absolute atomic E-state index is 0.711. The van der Waals surface area contributed by atoms with Crippen molar-refractivity contribution in [2.45, 2.75) is 20.0 Å². The number of aryl methyl sites for hydroxylation is 1. The van der Waals surface area contributed by atoms with Crippen LogP contribution in [0.3, 0.4) is 0 Å². The van der Waals surface area contributed by atoms with E-state index in [2.05, 4.69) is 22.5 Å². The second kappa shape index (κ2) is 5.34. The molecule has 17 heavy (non-hydrogen) atoms. The average Bonchev–Trinajstić information content (AvgIpc) is 2.71. The summed E-state index contributed by atoms with van der Waals surface area (Å²) in [6.45, 7) is 3.53. The fourth-order valence-corrected chi connectivity index (χ4v) is 2.02. The van der Waals surface area contributed by atoms with Crippen molar-refractivity contribution in [3.8, 4) is 0 Å². The van der Waals surface area contributed by atoms with Gasteiger partial charge in [-0.05, 0) is 37.2 Å². The van der Waals surface area contributed by atoms with Gasteiger partial charge in [0.05, 0.1) is 12.2 Å². The van der Waals surface area contributed by atoms with Crippen LogP contribution < -0.4 is 5.32 Å². The molecule has 0 amide bonds. The Balaban J connectivity index is 2.13. The van der Waals surface area contributed by atoms with Crippen LogP contribution in [0.15, 0.2) is 30.5 Å². The van der Waals surface area contributed by atoms with Gasteiger partial charge in [0, 0.05) is 17.8 Å². The third-order valence-electron chi connectivity index (χ3n) is 2.59. The molecular formula is C13H16ClN3. The zero-order chi connectivity index (χ0) is 12.3. The molecule has 1 aromatic carbocycles. The Labute approximate surface area is 106 Å². The van der Waals surface area contributed by atoms with E-state index in [0.717, 1.165) is 22.8 Å². The molecule has 0 saturated carbocycles. The Morgan fingerprint density at radius 1 is 1.35 bits per heavy atom. The minimum atomic E-state index is 0.711. The first kappa shape index (κ1) is 12.1. The van der Waals surface area contributed by atoms with Gasteiger partial charge >= 0.3 is 0 Å². The highest BCUT2D eigenvalue weighted by Crippen LogP contribution is 2.18. The van der Waals surface area contributed by atoms with Gasteiger partial charge in [-0.1, -0.05) is 23.7 Å². The molecule has 2 rings (SSSR count). The Bertz CT molecular complexity index is 505. The molecule has 0 aliphatic heterocycles. The zero-order valence-corrected chi connectivity index (χ0v) is 10.8. The maximum absolute atomic E-state index is 6.19. The lowest BCUT2D eigenvalue weighted by Gasteiger charge is -2.05. The average molecular weight is 250 g/mol. The van der Waals surface area contributed by atoms with Gasteiger partial charge in [-0.25, -0.2) is 0 Å². The largest absolute Gasteiger partial charge is 0.314 e. The third-order valence-corrected chi connectivity index (χ3v) is 2.95. The predicted octanol–water partition coefficient (Wildman–Crippen LogP) is 2.61. The number of nitrogens with one attached hydrogen (secondary N) is 1. The molecule has 0 atom stereocenters. The van der Waals surface area contributed by atoms with E-state index in [1.165, 1.54) is 5.56 Å². The molecular weight excluding hydrogens is 234 g/mol. The van der Waals surface area contributed by atoms with Crippen molar-refractivity contribution >= 4 is 11.6 Å². The number of benzene rings is 1. The lowest BCUT2D eigenvalue weighted by molar-refractivity contribution is 0.659. The molecule has 3 nitrogen and oxygen atoms in total. The van der Waals surface area contributed by atoms with Gasteiger partial charge in [0.2, 0.25) is 0 Å². The first-order valence-corrected chi connectivity index (χ1v) is 5.99. The number of hydrogen-bond acceptors (Lipinski definition) is 2. The van der Waals surface area contributed by atoms with Gasteiger partial charge in [-0.2, -0.15) is 5.10 Å². The summed E-state index contributed by atoms with van der Waals surface area (Å²) in [5, 5.41) is 8.33. The van der Waals surface area contributed by atoms with Crippen LogP contribution in [0.4, 0.5) is 0 Å². The second-order valence-corrected chi connectivity index (χ2v) is 4.54. The first-order chi connectivity index (χ1) is 8.19. The standard InChI is InChI=1S/C13H16ClN3/c1-10-3-4-11(13(14)7-10)9-17-6-5-12(16-17)8-15-2/h3-7,15H,8-9H2,1-2H3. The summed E-state index contributed by atoms with van der Waals surface area (Å²) in [5.41, 5.74) is 3.31. The van der Waals surface area contributed by atoms with Gasteiger partial charge in [-0.3, -0.25) is 4.68 Å². The molecule has 1 N–H and O–H groups in total. The molecule has 1 heterocycles. The summed E-state index contributed by atoms with van der Waals surface area (Å²) in [5.74, 6) is 0. The Hall–Kier alpha value is -1.32. The summed E-state index contributed by atoms with van der Waals surface area (Å²) >= 11 is 6.19. The van der Waals surface area contributed by atoms with Crippen LogP contribution in [-0.4, -0.2) is 16.8 Å². The zero-order valence-electron chi connectivity index (χ0n) is 10.1. The van der Waals surface area contributed by atoms with Crippen LogP contribution in [0, 0.1) is 6.92 Å². The van der Waals surface area contributed by atoms with E-state index < -0.39 is 0 Å². The molecule has 0 radical (unpaired) electrons. The molecule has 0 spiro atoms. The number of nitrogens with zero attached hydrogens (tertiary/aromatic N) is 2. The van der Waals surface area contributed by atoms with Crippen LogP contribution in [0.25, 0.3) is 0 Å². The summed E-state index contributed by atoms with van der Waals surface area (Å²) in [6.07, 6.45) is 1.98. The van der Waals surface area contributed by atoms with E-state index in [1.54, 1.807) is 0 Å². The Kier molecular flexibility index (Phi) is 3.82. The maximum Gasteiger partial charge on any atom is 0.0762 e. The van der Waals surface area contributed by atoms with E-state index in [1.807, 2.05) is 37.0 Å². The number of hydrogen-bond donors (Lipinski definition) is 1. The molecule has 0 unspecified atom stereocenters. The van der Waals surface area contributed by atoms with Crippen molar-refractivity contribution in [1.82, 2.24) is 15.1 Å². The first-order valence-electron chi connectivity index (χ1n) is 5.61. The quantitative estimate of drug-likeness (QED) is 0.903. The van der Waals surface area contributed by atoms with Gasteiger partial charge < -0.3 is 5.32 Å². The Morgan fingerprint density at radius 2 is 2.18 bits per heavy atom. The lowest BCUT2D eigenvalue weighted by Crippen LogP contribution is -2.07. The van der Waals surface area contributed by atoms with Crippen LogP contribution in [0.2, 0.25) is 5.02 Å². The molecule has 0 aliphatic rings. The van der Waals surface area contributed by atoms with E-state index in [9.17, 15) is 0 Å². The van der Waals surface area contributed by atoms with E-state index >= 15 is 0 Å². The van der Waals surface area contributed by atoms with Gasteiger partial charge in [0.1, 0.15) is 0 Å². The molecule has 0 saturated heterocycles. The lowest BCUT2D eigenvalue weighted by atomic mass is 10.1. The van der Waals surface area contributed by atoms with E-state index in [-0.39, 0.29) is 0 Å². The van der Waals surface area contributed by atoms with Crippen LogP contribution in [0.5, 0.6) is 0 Å². The van der Waals surface area contributed by atoms with Gasteiger partial charge in [0.25, 0.3) is 0 Å². The van der Waals surface area contributed by atoms with Crippen molar-refractivity contribution in [3.63, 3.8) is 0 Å². The van der Waals surface area contributed by atoms with Crippen molar-refractivity contribution in [2.75, 3.05) is 7.05 Å². The molecule has 0 bridgehead atoms. The normalized spacial score (nSPS) is 10.8. The molecule has 90 valence electrons. The molecule has 0 aliphatic carbocycles.